The first-order chi connectivity index (χ1) is 13.8. The molecule has 4 heterocycles. The number of rotatable bonds is 3. The quantitative estimate of drug-likeness (QED) is 0.759. The van der Waals surface area contributed by atoms with Gasteiger partial charge in [-0.1, -0.05) is 12.1 Å². The molecule has 2 aliphatic heterocycles. The van der Waals surface area contributed by atoms with Gasteiger partial charge in [0, 0.05) is 25.5 Å². The maximum Gasteiger partial charge on any atom is 0.250 e. The van der Waals surface area contributed by atoms with Crippen LogP contribution in [0.2, 0.25) is 0 Å². The maximum atomic E-state index is 13.8. The summed E-state index contributed by atoms with van der Waals surface area (Å²) in [6.45, 7) is 3.23. The lowest BCUT2D eigenvalue weighted by Gasteiger charge is -2.43. The zero-order chi connectivity index (χ0) is 19.0. The molecule has 0 spiro atoms. The van der Waals surface area contributed by atoms with E-state index in [9.17, 15) is 4.79 Å². The van der Waals surface area contributed by atoms with Gasteiger partial charge in [-0.05, 0) is 57.0 Å². The average molecular weight is 378 g/mol. The van der Waals surface area contributed by atoms with Crippen LogP contribution in [0.25, 0.3) is 11.0 Å². The molecule has 146 valence electrons. The number of benzene rings is 1. The smallest absolute Gasteiger partial charge is 0.250 e. The molecule has 0 bridgehead atoms. The molecule has 2 aliphatic rings. The molecule has 3 aromatic rings. The normalized spacial score (nSPS) is 22.4. The number of aromatic nitrogens is 4. The van der Waals surface area contributed by atoms with Crippen LogP contribution in [0.1, 0.15) is 31.7 Å². The molecule has 7 heteroatoms. The topological polar surface area (TPSA) is 68.0 Å². The lowest BCUT2D eigenvalue weighted by Crippen LogP contribution is -2.57. The van der Waals surface area contributed by atoms with Gasteiger partial charge in [0.25, 0.3) is 5.91 Å². The van der Waals surface area contributed by atoms with Gasteiger partial charge in [-0.3, -0.25) is 9.48 Å². The zero-order valence-corrected chi connectivity index (χ0v) is 16.0. The first-order valence-electron chi connectivity index (χ1n) is 10.2. The van der Waals surface area contributed by atoms with Crippen molar-refractivity contribution >= 4 is 16.9 Å². The molecule has 0 saturated carbocycles. The van der Waals surface area contributed by atoms with Crippen LogP contribution in [0, 0.1) is 0 Å². The largest absolute Gasteiger partial charge is 0.339 e. The van der Waals surface area contributed by atoms with Crippen molar-refractivity contribution in [2.24, 2.45) is 0 Å². The van der Waals surface area contributed by atoms with Crippen LogP contribution in [-0.2, 0) is 10.3 Å². The number of carbonyl (C=O) groups is 1. The third-order valence-corrected chi connectivity index (χ3v) is 6.33. The minimum Gasteiger partial charge on any atom is -0.339 e. The van der Waals surface area contributed by atoms with Crippen molar-refractivity contribution in [3.05, 3.63) is 49.1 Å². The number of hydrogen-bond donors (Lipinski definition) is 1. The summed E-state index contributed by atoms with van der Waals surface area (Å²) in [6.07, 6.45) is 9.28. The average Bonchev–Trinajstić information content (AvgIpc) is 3.44. The van der Waals surface area contributed by atoms with Crippen LogP contribution in [-0.4, -0.2) is 56.3 Å². The third kappa shape index (κ3) is 2.81. The highest BCUT2D eigenvalue weighted by Crippen LogP contribution is 2.33. The van der Waals surface area contributed by atoms with Crippen molar-refractivity contribution < 1.29 is 4.79 Å². The van der Waals surface area contributed by atoms with Crippen molar-refractivity contribution in [1.29, 1.82) is 0 Å². The number of nitrogens with zero attached hydrogens (tertiary/aromatic N) is 5. The summed E-state index contributed by atoms with van der Waals surface area (Å²) in [5, 5.41) is 7.85. The minimum absolute atomic E-state index is 0.215. The summed E-state index contributed by atoms with van der Waals surface area (Å²) in [6, 6.07) is 10.4. The van der Waals surface area contributed by atoms with Gasteiger partial charge in [-0.2, -0.15) is 5.10 Å². The molecule has 0 aliphatic carbocycles. The Morgan fingerprint density at radius 2 is 2.04 bits per heavy atom. The monoisotopic (exact) mass is 378 g/mol. The van der Waals surface area contributed by atoms with E-state index in [2.05, 4.69) is 30.9 Å². The highest BCUT2D eigenvalue weighted by Gasteiger charge is 2.45. The Balaban J connectivity index is 1.43. The first kappa shape index (κ1) is 17.4. The summed E-state index contributed by atoms with van der Waals surface area (Å²) in [7, 11) is 0. The van der Waals surface area contributed by atoms with E-state index in [1.807, 2.05) is 41.5 Å². The first-order valence-corrected chi connectivity index (χ1v) is 10.2. The Morgan fingerprint density at radius 3 is 2.86 bits per heavy atom. The molecule has 1 amide bonds. The predicted octanol–water partition coefficient (Wildman–Crippen LogP) is 2.18. The number of hydrogen-bond acceptors (Lipinski definition) is 4. The van der Waals surface area contributed by atoms with Crippen LogP contribution in [0.15, 0.2) is 49.1 Å². The van der Waals surface area contributed by atoms with E-state index in [0.29, 0.717) is 0 Å². The Hall–Kier alpha value is -2.67. The van der Waals surface area contributed by atoms with E-state index in [4.69, 9.17) is 0 Å². The SMILES string of the molecule is O=C(N1CCCC(n2cnc3ccccc32)C1)C1(n2cccn2)CCNCC1. The molecule has 1 atom stereocenters. The van der Waals surface area contributed by atoms with Gasteiger partial charge in [-0.25, -0.2) is 4.98 Å². The number of imidazole rings is 1. The number of amides is 1. The van der Waals surface area contributed by atoms with Gasteiger partial charge in [0.05, 0.1) is 23.4 Å². The maximum absolute atomic E-state index is 13.8. The molecule has 28 heavy (non-hydrogen) atoms. The lowest BCUT2D eigenvalue weighted by atomic mass is 9.86. The Bertz CT molecular complexity index is 956. The van der Waals surface area contributed by atoms with Gasteiger partial charge in [-0.15, -0.1) is 0 Å². The molecule has 1 aromatic carbocycles. The Kier molecular flexibility index (Phi) is 4.39. The molecule has 2 fully saturated rings. The predicted molar refractivity (Wildman–Crippen MR) is 107 cm³/mol. The number of para-hydroxylation sites is 2. The van der Waals surface area contributed by atoms with E-state index in [1.165, 1.54) is 0 Å². The van der Waals surface area contributed by atoms with E-state index < -0.39 is 5.54 Å². The summed E-state index contributed by atoms with van der Waals surface area (Å²) in [5.41, 5.74) is 1.59. The van der Waals surface area contributed by atoms with Gasteiger partial charge in [0.1, 0.15) is 5.54 Å². The van der Waals surface area contributed by atoms with Gasteiger partial charge in [0.2, 0.25) is 0 Å². The highest BCUT2D eigenvalue weighted by atomic mass is 16.2. The van der Waals surface area contributed by atoms with Crippen LogP contribution in [0.4, 0.5) is 0 Å². The van der Waals surface area contributed by atoms with E-state index in [-0.39, 0.29) is 11.9 Å². The molecule has 2 aromatic heterocycles. The number of carbonyl (C=O) groups excluding carboxylic acids is 1. The van der Waals surface area contributed by atoms with Gasteiger partial charge in [0.15, 0.2) is 0 Å². The number of piperidine rings is 2. The molecule has 2 saturated heterocycles. The summed E-state index contributed by atoms with van der Waals surface area (Å²) in [4.78, 5) is 20.4. The van der Waals surface area contributed by atoms with Crippen molar-refractivity contribution in [1.82, 2.24) is 29.5 Å². The molecule has 1 unspecified atom stereocenters. The van der Waals surface area contributed by atoms with Gasteiger partial charge >= 0.3 is 0 Å². The number of nitrogens with one attached hydrogen (secondary N) is 1. The second-order valence-electron chi connectivity index (χ2n) is 7.92. The number of likely N-dealkylation sites (tertiary alicyclic amines) is 1. The van der Waals surface area contributed by atoms with Crippen LogP contribution < -0.4 is 5.32 Å². The number of fused-ring (bicyclic) bond motifs is 1. The standard InChI is InChI=1S/C21H26N6O/c28-20(21(8-11-22-12-9-21)27-14-4-10-24-27)25-13-3-5-17(15-25)26-16-23-18-6-1-2-7-19(18)26/h1-2,4,6-7,10,14,16-17,22H,3,5,8-9,11-13,15H2. The van der Waals surface area contributed by atoms with E-state index in [1.54, 1.807) is 6.20 Å². The fourth-order valence-electron chi connectivity index (χ4n) is 4.83. The van der Waals surface area contributed by atoms with Crippen molar-refractivity contribution in [3.8, 4) is 0 Å². The van der Waals surface area contributed by atoms with Gasteiger partial charge < -0.3 is 14.8 Å². The minimum atomic E-state index is -0.562. The molecular formula is C21H26N6O. The zero-order valence-electron chi connectivity index (χ0n) is 16.0. The summed E-state index contributed by atoms with van der Waals surface area (Å²) in [5.74, 6) is 0.215. The van der Waals surface area contributed by atoms with E-state index in [0.717, 1.165) is 62.9 Å². The highest BCUT2D eigenvalue weighted by molar-refractivity contribution is 5.85. The van der Waals surface area contributed by atoms with Crippen LogP contribution >= 0.6 is 0 Å². The van der Waals surface area contributed by atoms with Crippen LogP contribution in [0.5, 0.6) is 0 Å². The molecule has 1 N–H and O–H groups in total. The lowest BCUT2D eigenvalue weighted by molar-refractivity contribution is -0.144. The van der Waals surface area contributed by atoms with Crippen molar-refractivity contribution in [2.45, 2.75) is 37.3 Å². The third-order valence-electron chi connectivity index (χ3n) is 6.33. The molecular weight excluding hydrogens is 352 g/mol. The fourth-order valence-corrected chi connectivity index (χ4v) is 4.83. The molecule has 0 radical (unpaired) electrons. The van der Waals surface area contributed by atoms with Crippen molar-refractivity contribution in [3.63, 3.8) is 0 Å². The second-order valence-corrected chi connectivity index (χ2v) is 7.92. The van der Waals surface area contributed by atoms with E-state index >= 15 is 0 Å². The van der Waals surface area contributed by atoms with Crippen LogP contribution in [0.3, 0.4) is 0 Å². The fraction of sp³-hybridized carbons (Fsp3) is 0.476. The molecule has 7 nitrogen and oxygen atoms in total. The Labute approximate surface area is 164 Å². The summed E-state index contributed by atoms with van der Waals surface area (Å²) < 4.78 is 4.14. The Morgan fingerprint density at radius 1 is 1.18 bits per heavy atom. The van der Waals surface area contributed by atoms with Crippen molar-refractivity contribution in [2.75, 3.05) is 26.2 Å². The second kappa shape index (κ2) is 7.05. The molecule has 5 rings (SSSR count). The summed E-state index contributed by atoms with van der Waals surface area (Å²) >= 11 is 0.